The molecule has 1 rings (SSSR count). The largest absolute Gasteiger partial charge is 0.492 e. The standard InChI is InChI=1S/C12H15NO5S2/c1-19(14,15)7-8-20(16,17)6-5-18-12-4-2-3-11(9-12)10-13/h2-4,9H,5-8H2,1H3. The fourth-order valence-corrected chi connectivity index (χ4v) is 4.09. The van der Waals surface area contributed by atoms with Crippen LogP contribution in [0, 0.1) is 11.3 Å². The van der Waals surface area contributed by atoms with Crippen molar-refractivity contribution in [3.05, 3.63) is 29.8 Å². The molecule has 0 amide bonds. The molecular formula is C12H15NO5S2. The Labute approximate surface area is 118 Å². The van der Waals surface area contributed by atoms with Crippen LogP contribution in [-0.2, 0) is 19.7 Å². The Morgan fingerprint density at radius 3 is 2.45 bits per heavy atom. The van der Waals surface area contributed by atoms with Gasteiger partial charge in [0.2, 0.25) is 0 Å². The maximum absolute atomic E-state index is 11.6. The summed E-state index contributed by atoms with van der Waals surface area (Å²) in [5.41, 5.74) is 0.419. The van der Waals surface area contributed by atoms with Gasteiger partial charge in [0.15, 0.2) is 9.84 Å². The van der Waals surface area contributed by atoms with Crippen molar-refractivity contribution >= 4 is 19.7 Å². The third kappa shape index (κ3) is 6.54. The van der Waals surface area contributed by atoms with Crippen LogP contribution in [-0.4, -0.2) is 47.0 Å². The van der Waals surface area contributed by atoms with E-state index >= 15 is 0 Å². The highest BCUT2D eigenvalue weighted by atomic mass is 32.2. The van der Waals surface area contributed by atoms with Gasteiger partial charge in [0.25, 0.3) is 0 Å². The van der Waals surface area contributed by atoms with E-state index in [1.54, 1.807) is 18.2 Å². The first-order valence-electron chi connectivity index (χ1n) is 5.73. The molecule has 0 spiro atoms. The SMILES string of the molecule is CS(=O)(=O)CCS(=O)(=O)CCOc1cccc(C#N)c1. The average molecular weight is 317 g/mol. The number of hydrogen-bond acceptors (Lipinski definition) is 6. The van der Waals surface area contributed by atoms with Crippen molar-refractivity contribution in [2.45, 2.75) is 0 Å². The van der Waals surface area contributed by atoms with Crippen LogP contribution in [0.1, 0.15) is 5.56 Å². The summed E-state index contributed by atoms with van der Waals surface area (Å²) in [5, 5.41) is 8.70. The van der Waals surface area contributed by atoms with Crippen molar-refractivity contribution in [3.63, 3.8) is 0 Å². The highest BCUT2D eigenvalue weighted by molar-refractivity contribution is 7.94. The van der Waals surface area contributed by atoms with Crippen molar-refractivity contribution in [2.24, 2.45) is 0 Å². The van der Waals surface area contributed by atoms with Crippen LogP contribution in [0.4, 0.5) is 0 Å². The van der Waals surface area contributed by atoms with Crippen molar-refractivity contribution in [3.8, 4) is 11.8 Å². The lowest BCUT2D eigenvalue weighted by Gasteiger charge is -2.07. The quantitative estimate of drug-likeness (QED) is 0.721. The molecule has 0 fully saturated rings. The molecule has 20 heavy (non-hydrogen) atoms. The lowest BCUT2D eigenvalue weighted by atomic mass is 10.2. The second-order valence-corrected chi connectivity index (χ2v) is 8.83. The van der Waals surface area contributed by atoms with Crippen LogP contribution in [0.3, 0.4) is 0 Å². The summed E-state index contributed by atoms with van der Waals surface area (Å²) in [4.78, 5) is 0. The molecule has 0 aliphatic heterocycles. The topological polar surface area (TPSA) is 101 Å². The molecule has 1 aromatic carbocycles. The Morgan fingerprint density at radius 2 is 1.85 bits per heavy atom. The van der Waals surface area contributed by atoms with Crippen LogP contribution >= 0.6 is 0 Å². The molecule has 0 bridgehead atoms. The first-order valence-corrected chi connectivity index (χ1v) is 9.61. The molecule has 8 heteroatoms. The molecule has 6 nitrogen and oxygen atoms in total. The average Bonchev–Trinajstić information content (AvgIpc) is 2.36. The monoisotopic (exact) mass is 317 g/mol. The van der Waals surface area contributed by atoms with E-state index < -0.39 is 25.4 Å². The number of hydrogen-bond donors (Lipinski definition) is 0. The molecule has 0 aromatic heterocycles. The van der Waals surface area contributed by atoms with E-state index in [1.807, 2.05) is 6.07 Å². The first-order chi connectivity index (χ1) is 9.22. The van der Waals surface area contributed by atoms with Crippen LogP contribution in [0.15, 0.2) is 24.3 Å². The zero-order chi connectivity index (χ0) is 15.2. The zero-order valence-corrected chi connectivity index (χ0v) is 12.6. The minimum atomic E-state index is -3.47. The van der Waals surface area contributed by atoms with Gasteiger partial charge in [0, 0.05) is 6.26 Å². The summed E-state index contributed by atoms with van der Waals surface area (Å²) in [7, 11) is -6.77. The maximum Gasteiger partial charge on any atom is 0.154 e. The Morgan fingerprint density at radius 1 is 1.15 bits per heavy atom. The van der Waals surface area contributed by atoms with Gasteiger partial charge in [0.05, 0.1) is 28.9 Å². The van der Waals surface area contributed by atoms with E-state index in [9.17, 15) is 16.8 Å². The fraction of sp³-hybridized carbons (Fsp3) is 0.417. The van der Waals surface area contributed by atoms with E-state index in [4.69, 9.17) is 10.00 Å². The van der Waals surface area contributed by atoms with Gasteiger partial charge in [-0.3, -0.25) is 0 Å². The van der Waals surface area contributed by atoms with Gasteiger partial charge in [-0.05, 0) is 18.2 Å². The Kier molecular flexibility index (Phi) is 5.53. The molecule has 0 aliphatic rings. The Balaban J connectivity index is 2.49. The summed E-state index contributed by atoms with van der Waals surface area (Å²) in [6.45, 7) is -0.0824. The molecule has 1 aromatic rings. The first kappa shape index (κ1) is 16.5. The maximum atomic E-state index is 11.6. The van der Waals surface area contributed by atoms with E-state index in [-0.39, 0.29) is 18.1 Å². The van der Waals surface area contributed by atoms with Crippen molar-refractivity contribution in [1.82, 2.24) is 0 Å². The molecule has 0 radical (unpaired) electrons. The normalized spacial score (nSPS) is 11.8. The van der Waals surface area contributed by atoms with Crippen LogP contribution in [0.25, 0.3) is 0 Å². The predicted octanol–water partition coefficient (Wildman–Crippen LogP) is 0.396. The Bertz CT molecular complexity index is 702. The van der Waals surface area contributed by atoms with Gasteiger partial charge >= 0.3 is 0 Å². The minimum Gasteiger partial charge on any atom is -0.492 e. The van der Waals surface area contributed by atoms with Gasteiger partial charge in [0.1, 0.15) is 22.2 Å². The number of rotatable bonds is 7. The number of sulfone groups is 2. The Hall–Kier alpha value is -1.59. The summed E-state index contributed by atoms with van der Waals surface area (Å²) >= 11 is 0. The highest BCUT2D eigenvalue weighted by Gasteiger charge is 2.14. The third-order valence-electron chi connectivity index (χ3n) is 2.39. The van der Waals surface area contributed by atoms with Crippen molar-refractivity contribution in [2.75, 3.05) is 30.1 Å². The fourth-order valence-electron chi connectivity index (χ4n) is 1.32. The second kappa shape index (κ2) is 6.72. The number of nitrogens with zero attached hydrogens (tertiary/aromatic N) is 1. The highest BCUT2D eigenvalue weighted by Crippen LogP contribution is 2.12. The second-order valence-electron chi connectivity index (χ2n) is 4.27. The van der Waals surface area contributed by atoms with Crippen molar-refractivity contribution in [1.29, 1.82) is 5.26 Å². The lowest BCUT2D eigenvalue weighted by molar-refractivity contribution is 0.341. The summed E-state index contributed by atoms with van der Waals surface area (Å²) in [6.07, 6.45) is 0.992. The number of benzene rings is 1. The summed E-state index contributed by atoms with van der Waals surface area (Å²) < 4.78 is 50.3. The number of nitriles is 1. The van der Waals surface area contributed by atoms with Gasteiger partial charge in [-0.1, -0.05) is 6.07 Å². The van der Waals surface area contributed by atoms with Crippen LogP contribution in [0.5, 0.6) is 5.75 Å². The molecule has 0 aliphatic carbocycles. The van der Waals surface area contributed by atoms with Crippen LogP contribution in [0.2, 0.25) is 0 Å². The molecular weight excluding hydrogens is 302 g/mol. The molecule has 0 saturated carbocycles. The smallest absolute Gasteiger partial charge is 0.154 e. The lowest BCUT2D eigenvalue weighted by Crippen LogP contribution is -2.22. The van der Waals surface area contributed by atoms with Gasteiger partial charge in [-0.2, -0.15) is 5.26 Å². The summed E-state index contributed by atoms with van der Waals surface area (Å²) in [5.74, 6) is -0.659. The molecule has 0 heterocycles. The molecule has 0 atom stereocenters. The number of ether oxygens (including phenoxy) is 1. The minimum absolute atomic E-state index is 0.0824. The third-order valence-corrected chi connectivity index (χ3v) is 5.21. The van der Waals surface area contributed by atoms with E-state index in [1.165, 1.54) is 6.07 Å². The van der Waals surface area contributed by atoms with Crippen molar-refractivity contribution < 1.29 is 21.6 Å². The predicted molar refractivity (Wildman–Crippen MR) is 75.0 cm³/mol. The van der Waals surface area contributed by atoms with Gasteiger partial charge in [-0.25, -0.2) is 16.8 Å². The van der Waals surface area contributed by atoms with Gasteiger partial charge in [-0.15, -0.1) is 0 Å². The van der Waals surface area contributed by atoms with Gasteiger partial charge < -0.3 is 4.74 Å². The van der Waals surface area contributed by atoms with E-state index in [0.717, 1.165) is 6.26 Å². The molecule has 0 N–H and O–H groups in total. The molecule has 0 unspecified atom stereocenters. The van der Waals surface area contributed by atoms with E-state index in [0.29, 0.717) is 11.3 Å². The van der Waals surface area contributed by atoms with E-state index in [2.05, 4.69) is 0 Å². The zero-order valence-electron chi connectivity index (χ0n) is 10.9. The summed E-state index contributed by atoms with van der Waals surface area (Å²) in [6, 6.07) is 8.30. The van der Waals surface area contributed by atoms with Crippen LogP contribution < -0.4 is 4.74 Å². The molecule has 110 valence electrons. The molecule has 0 saturated heterocycles.